The standard InChI is InChI=1S/C27H39N5O/c1-22-19-25(13-14-32(22)21-23-9-5-3-6-10-23)30-27(28-2)29-20-26(24-11-7-4-8-12-24)31-15-17-33-18-16-31/h3-12,22,25-26H,13-21H2,1-2H3,(H2,28,29,30). The molecule has 2 aromatic rings. The van der Waals surface area contributed by atoms with Gasteiger partial charge in [0.15, 0.2) is 5.96 Å². The Hall–Kier alpha value is -2.41. The number of rotatable bonds is 7. The zero-order chi connectivity index (χ0) is 22.9. The summed E-state index contributed by atoms with van der Waals surface area (Å²) in [5.41, 5.74) is 2.73. The highest BCUT2D eigenvalue weighted by molar-refractivity contribution is 5.80. The first-order valence-corrected chi connectivity index (χ1v) is 12.3. The number of benzene rings is 2. The first kappa shape index (κ1) is 23.7. The molecule has 2 saturated heterocycles. The van der Waals surface area contributed by atoms with Gasteiger partial charge in [0.1, 0.15) is 0 Å². The molecule has 0 bridgehead atoms. The second-order valence-electron chi connectivity index (χ2n) is 9.20. The van der Waals surface area contributed by atoms with E-state index in [-0.39, 0.29) is 0 Å². The van der Waals surface area contributed by atoms with Crippen molar-refractivity contribution in [1.29, 1.82) is 0 Å². The van der Waals surface area contributed by atoms with Gasteiger partial charge >= 0.3 is 0 Å². The number of morpholine rings is 1. The second-order valence-corrected chi connectivity index (χ2v) is 9.20. The molecule has 2 heterocycles. The predicted molar refractivity (Wildman–Crippen MR) is 135 cm³/mol. The number of hydrogen-bond donors (Lipinski definition) is 2. The van der Waals surface area contributed by atoms with E-state index in [4.69, 9.17) is 4.74 Å². The molecule has 0 saturated carbocycles. The number of ether oxygens (including phenoxy) is 1. The van der Waals surface area contributed by atoms with Gasteiger partial charge in [0.2, 0.25) is 0 Å². The molecule has 33 heavy (non-hydrogen) atoms. The number of nitrogens with zero attached hydrogens (tertiary/aromatic N) is 3. The van der Waals surface area contributed by atoms with E-state index in [2.05, 4.69) is 93.0 Å². The topological polar surface area (TPSA) is 52.1 Å². The Morgan fingerprint density at radius 3 is 2.39 bits per heavy atom. The Morgan fingerprint density at radius 2 is 1.73 bits per heavy atom. The maximum absolute atomic E-state index is 5.59. The van der Waals surface area contributed by atoms with Gasteiger partial charge in [0, 0.05) is 51.9 Å². The Labute approximate surface area is 199 Å². The maximum atomic E-state index is 5.59. The summed E-state index contributed by atoms with van der Waals surface area (Å²) in [7, 11) is 1.87. The summed E-state index contributed by atoms with van der Waals surface area (Å²) < 4.78 is 5.59. The molecule has 3 atom stereocenters. The molecule has 2 fully saturated rings. The van der Waals surface area contributed by atoms with Crippen molar-refractivity contribution >= 4 is 5.96 Å². The van der Waals surface area contributed by atoms with Crippen LogP contribution in [0.1, 0.15) is 36.9 Å². The number of guanidine groups is 1. The van der Waals surface area contributed by atoms with Crippen LogP contribution in [0.15, 0.2) is 65.7 Å². The lowest BCUT2D eigenvalue weighted by molar-refractivity contribution is 0.0170. The molecule has 6 heteroatoms. The van der Waals surface area contributed by atoms with E-state index in [9.17, 15) is 0 Å². The van der Waals surface area contributed by atoms with Crippen LogP contribution in [-0.2, 0) is 11.3 Å². The summed E-state index contributed by atoms with van der Waals surface area (Å²) in [6.45, 7) is 8.83. The highest BCUT2D eigenvalue weighted by Gasteiger charge is 2.27. The minimum atomic E-state index is 0.306. The Kier molecular flexibility index (Phi) is 8.75. The van der Waals surface area contributed by atoms with Crippen molar-refractivity contribution in [3.05, 3.63) is 71.8 Å². The second kappa shape index (κ2) is 12.2. The third kappa shape index (κ3) is 6.79. The third-order valence-corrected chi connectivity index (χ3v) is 6.94. The highest BCUT2D eigenvalue weighted by Crippen LogP contribution is 2.22. The van der Waals surface area contributed by atoms with Crippen molar-refractivity contribution < 1.29 is 4.74 Å². The van der Waals surface area contributed by atoms with Gasteiger partial charge in [-0.3, -0.25) is 14.8 Å². The average molecular weight is 450 g/mol. The van der Waals surface area contributed by atoms with Gasteiger partial charge < -0.3 is 15.4 Å². The molecule has 178 valence electrons. The number of aliphatic imine (C=N–C) groups is 1. The molecule has 4 rings (SSSR count). The lowest BCUT2D eigenvalue weighted by atomic mass is 9.97. The van der Waals surface area contributed by atoms with E-state index in [1.807, 2.05) is 7.05 Å². The normalized spacial score (nSPS) is 23.8. The van der Waals surface area contributed by atoms with Gasteiger partial charge in [0.05, 0.1) is 19.3 Å². The van der Waals surface area contributed by atoms with Gasteiger partial charge in [-0.1, -0.05) is 60.7 Å². The molecule has 6 nitrogen and oxygen atoms in total. The number of nitrogens with one attached hydrogen (secondary N) is 2. The average Bonchev–Trinajstić information content (AvgIpc) is 2.87. The largest absolute Gasteiger partial charge is 0.379 e. The molecule has 2 aliphatic heterocycles. The quantitative estimate of drug-likeness (QED) is 0.502. The summed E-state index contributed by atoms with van der Waals surface area (Å²) >= 11 is 0. The maximum Gasteiger partial charge on any atom is 0.191 e. The summed E-state index contributed by atoms with van der Waals surface area (Å²) in [5, 5.41) is 7.32. The van der Waals surface area contributed by atoms with Gasteiger partial charge in [-0.25, -0.2) is 0 Å². The van der Waals surface area contributed by atoms with Crippen molar-refractivity contribution in [3.8, 4) is 0 Å². The minimum absolute atomic E-state index is 0.306. The molecular formula is C27H39N5O. The fraction of sp³-hybridized carbons (Fsp3) is 0.519. The van der Waals surface area contributed by atoms with Crippen molar-refractivity contribution in [2.75, 3.05) is 46.4 Å². The number of piperidine rings is 1. The van der Waals surface area contributed by atoms with Crippen molar-refractivity contribution in [2.24, 2.45) is 4.99 Å². The monoisotopic (exact) mass is 449 g/mol. The van der Waals surface area contributed by atoms with Crippen LogP contribution in [0.3, 0.4) is 0 Å². The van der Waals surface area contributed by atoms with E-state index in [0.29, 0.717) is 18.1 Å². The van der Waals surface area contributed by atoms with E-state index in [1.165, 1.54) is 11.1 Å². The molecule has 2 aromatic carbocycles. The first-order valence-electron chi connectivity index (χ1n) is 12.3. The van der Waals surface area contributed by atoms with Crippen LogP contribution in [-0.4, -0.2) is 74.3 Å². The first-order chi connectivity index (χ1) is 16.2. The predicted octanol–water partition coefficient (Wildman–Crippen LogP) is 3.28. The Morgan fingerprint density at radius 1 is 1.03 bits per heavy atom. The third-order valence-electron chi connectivity index (χ3n) is 6.94. The molecule has 2 N–H and O–H groups in total. The molecule has 0 radical (unpaired) electrons. The van der Waals surface area contributed by atoms with Crippen LogP contribution >= 0.6 is 0 Å². The molecule has 3 unspecified atom stereocenters. The summed E-state index contributed by atoms with van der Waals surface area (Å²) in [6.07, 6.45) is 2.25. The van der Waals surface area contributed by atoms with Crippen LogP contribution in [0.2, 0.25) is 0 Å². The van der Waals surface area contributed by atoms with Gasteiger partial charge in [0.25, 0.3) is 0 Å². The Balaban J connectivity index is 1.30. The molecular weight excluding hydrogens is 410 g/mol. The van der Waals surface area contributed by atoms with Gasteiger partial charge in [-0.15, -0.1) is 0 Å². The van der Waals surface area contributed by atoms with Gasteiger partial charge in [-0.2, -0.15) is 0 Å². The Bertz CT molecular complexity index is 853. The molecule has 0 spiro atoms. The summed E-state index contributed by atoms with van der Waals surface area (Å²) in [4.78, 5) is 9.65. The van der Waals surface area contributed by atoms with Crippen LogP contribution in [0.5, 0.6) is 0 Å². The van der Waals surface area contributed by atoms with E-state index < -0.39 is 0 Å². The van der Waals surface area contributed by atoms with Crippen molar-refractivity contribution in [3.63, 3.8) is 0 Å². The minimum Gasteiger partial charge on any atom is -0.379 e. The number of hydrogen-bond acceptors (Lipinski definition) is 4. The molecule has 0 amide bonds. The number of likely N-dealkylation sites (tertiary alicyclic amines) is 1. The zero-order valence-corrected chi connectivity index (χ0v) is 20.1. The SMILES string of the molecule is CN=C(NCC(c1ccccc1)N1CCOCC1)NC1CCN(Cc2ccccc2)C(C)C1. The van der Waals surface area contributed by atoms with Crippen molar-refractivity contribution in [1.82, 2.24) is 20.4 Å². The lowest BCUT2D eigenvalue weighted by Gasteiger charge is -2.39. The summed E-state index contributed by atoms with van der Waals surface area (Å²) in [5.74, 6) is 0.901. The van der Waals surface area contributed by atoms with E-state index in [1.54, 1.807) is 0 Å². The van der Waals surface area contributed by atoms with E-state index in [0.717, 1.165) is 64.7 Å². The fourth-order valence-electron chi connectivity index (χ4n) is 5.01. The zero-order valence-electron chi connectivity index (χ0n) is 20.1. The molecule has 0 aliphatic carbocycles. The van der Waals surface area contributed by atoms with Crippen LogP contribution in [0.25, 0.3) is 0 Å². The van der Waals surface area contributed by atoms with Crippen molar-refractivity contribution in [2.45, 2.75) is 44.4 Å². The molecule has 2 aliphatic rings. The van der Waals surface area contributed by atoms with Crippen LogP contribution < -0.4 is 10.6 Å². The highest BCUT2D eigenvalue weighted by atomic mass is 16.5. The lowest BCUT2D eigenvalue weighted by Crippen LogP contribution is -2.52. The van der Waals surface area contributed by atoms with E-state index >= 15 is 0 Å². The van der Waals surface area contributed by atoms with Crippen LogP contribution in [0, 0.1) is 0 Å². The van der Waals surface area contributed by atoms with Crippen LogP contribution in [0.4, 0.5) is 0 Å². The molecule has 0 aromatic heterocycles. The summed E-state index contributed by atoms with van der Waals surface area (Å²) in [6, 6.07) is 22.9. The fourth-order valence-corrected chi connectivity index (χ4v) is 5.01. The van der Waals surface area contributed by atoms with Gasteiger partial charge in [-0.05, 0) is 30.9 Å². The smallest absolute Gasteiger partial charge is 0.191 e.